The molecule has 2 N–H and O–H groups in total. The largest absolute Gasteiger partial charge is 0.322 e. The van der Waals surface area contributed by atoms with Gasteiger partial charge in [-0.25, -0.2) is 0 Å². The summed E-state index contributed by atoms with van der Waals surface area (Å²) in [6.45, 7) is 0.736. The van der Waals surface area contributed by atoms with Crippen LogP contribution < -0.4 is 10.6 Å². The highest BCUT2D eigenvalue weighted by Crippen LogP contribution is 2.16. The van der Waals surface area contributed by atoms with Crippen LogP contribution in [0.15, 0.2) is 41.1 Å². The molecule has 1 heterocycles. The van der Waals surface area contributed by atoms with E-state index in [0.717, 1.165) is 17.8 Å². The monoisotopic (exact) mass is 246 g/mol. The Hall–Kier alpha value is -1.65. The van der Waals surface area contributed by atoms with Crippen LogP contribution in [0.3, 0.4) is 0 Å². The minimum atomic E-state index is -0.0604. The average molecular weight is 246 g/mol. The Bertz CT molecular complexity index is 494. The summed E-state index contributed by atoms with van der Waals surface area (Å²) < 4.78 is 0. The Morgan fingerprint density at radius 3 is 2.82 bits per heavy atom. The quantitative estimate of drug-likeness (QED) is 0.871. The first-order valence-corrected chi connectivity index (χ1v) is 6.31. The molecule has 2 rings (SSSR count). The maximum absolute atomic E-state index is 11.9. The molecule has 3 nitrogen and oxygen atoms in total. The molecule has 0 aliphatic rings. The minimum absolute atomic E-state index is 0.0604. The van der Waals surface area contributed by atoms with Gasteiger partial charge in [-0.1, -0.05) is 18.2 Å². The highest BCUT2D eigenvalue weighted by Gasteiger charge is 2.08. The van der Waals surface area contributed by atoms with Crippen LogP contribution in [-0.2, 0) is 6.54 Å². The van der Waals surface area contributed by atoms with Crippen LogP contribution in [0, 0.1) is 0 Å². The number of amides is 1. The molecule has 0 bridgehead atoms. The second-order valence-electron chi connectivity index (χ2n) is 3.65. The van der Waals surface area contributed by atoms with Gasteiger partial charge in [0.15, 0.2) is 0 Å². The van der Waals surface area contributed by atoms with E-state index in [-0.39, 0.29) is 5.91 Å². The lowest BCUT2D eigenvalue weighted by Crippen LogP contribution is -2.14. The second-order valence-corrected chi connectivity index (χ2v) is 4.43. The third-order valence-electron chi connectivity index (χ3n) is 2.42. The third-order valence-corrected chi connectivity index (χ3v) is 3.10. The molecule has 2 aromatic rings. The van der Waals surface area contributed by atoms with Gasteiger partial charge in [-0.05, 0) is 30.1 Å². The first-order valence-electron chi connectivity index (χ1n) is 5.37. The summed E-state index contributed by atoms with van der Waals surface area (Å²) in [6.07, 6.45) is 0. The molecular weight excluding hydrogens is 232 g/mol. The van der Waals surface area contributed by atoms with E-state index in [9.17, 15) is 4.79 Å². The lowest BCUT2D eigenvalue weighted by atomic mass is 10.1. The topological polar surface area (TPSA) is 41.1 Å². The SMILES string of the molecule is CNCc1ccccc1NC(=O)c1ccsc1. The Kier molecular flexibility index (Phi) is 3.90. The predicted octanol–water partition coefficient (Wildman–Crippen LogP) is 2.72. The van der Waals surface area contributed by atoms with Crippen LogP contribution in [0.4, 0.5) is 5.69 Å². The lowest BCUT2D eigenvalue weighted by molar-refractivity contribution is 0.102. The molecule has 0 saturated carbocycles. The number of nitrogens with one attached hydrogen (secondary N) is 2. The van der Waals surface area contributed by atoms with Crippen molar-refractivity contribution in [3.63, 3.8) is 0 Å². The minimum Gasteiger partial charge on any atom is -0.322 e. The number of rotatable bonds is 4. The van der Waals surface area contributed by atoms with Gasteiger partial charge >= 0.3 is 0 Å². The maximum Gasteiger partial charge on any atom is 0.256 e. The Morgan fingerprint density at radius 1 is 1.29 bits per heavy atom. The summed E-state index contributed by atoms with van der Waals surface area (Å²) in [7, 11) is 1.89. The molecule has 0 saturated heterocycles. The Morgan fingerprint density at radius 2 is 2.12 bits per heavy atom. The number of hydrogen-bond acceptors (Lipinski definition) is 3. The van der Waals surface area contributed by atoms with Crippen molar-refractivity contribution >= 4 is 22.9 Å². The van der Waals surface area contributed by atoms with Crippen LogP contribution in [0.2, 0.25) is 0 Å². The summed E-state index contributed by atoms with van der Waals surface area (Å²) in [5.41, 5.74) is 2.64. The molecule has 0 unspecified atom stereocenters. The molecule has 1 aromatic carbocycles. The van der Waals surface area contributed by atoms with Gasteiger partial charge in [0.1, 0.15) is 0 Å². The van der Waals surface area contributed by atoms with Crippen molar-refractivity contribution in [3.8, 4) is 0 Å². The molecule has 1 aromatic heterocycles. The zero-order chi connectivity index (χ0) is 12.1. The van der Waals surface area contributed by atoms with Gasteiger partial charge in [0.05, 0.1) is 5.56 Å². The number of thiophene rings is 1. The van der Waals surface area contributed by atoms with E-state index in [4.69, 9.17) is 0 Å². The highest BCUT2D eigenvalue weighted by atomic mass is 32.1. The van der Waals surface area contributed by atoms with Crippen molar-refractivity contribution in [2.45, 2.75) is 6.54 Å². The fourth-order valence-corrected chi connectivity index (χ4v) is 2.21. The van der Waals surface area contributed by atoms with Gasteiger partial charge < -0.3 is 10.6 Å². The number of carbonyl (C=O) groups excluding carboxylic acids is 1. The normalized spacial score (nSPS) is 10.2. The number of benzene rings is 1. The van der Waals surface area contributed by atoms with Crippen LogP contribution in [-0.4, -0.2) is 13.0 Å². The number of hydrogen-bond donors (Lipinski definition) is 2. The zero-order valence-corrected chi connectivity index (χ0v) is 10.4. The second kappa shape index (κ2) is 5.61. The smallest absolute Gasteiger partial charge is 0.256 e. The van der Waals surface area contributed by atoms with Crippen molar-refractivity contribution in [1.82, 2.24) is 5.32 Å². The molecule has 1 amide bonds. The van der Waals surface area contributed by atoms with E-state index in [1.165, 1.54) is 11.3 Å². The van der Waals surface area contributed by atoms with E-state index >= 15 is 0 Å². The van der Waals surface area contributed by atoms with E-state index in [1.807, 2.05) is 48.1 Å². The van der Waals surface area contributed by atoms with Crippen molar-refractivity contribution < 1.29 is 4.79 Å². The molecule has 88 valence electrons. The molecule has 0 spiro atoms. The van der Waals surface area contributed by atoms with Gasteiger partial charge in [0.2, 0.25) is 0 Å². The van der Waals surface area contributed by atoms with Crippen LogP contribution in [0.1, 0.15) is 15.9 Å². The summed E-state index contributed by atoms with van der Waals surface area (Å²) in [4.78, 5) is 11.9. The molecule has 0 aliphatic carbocycles. The zero-order valence-electron chi connectivity index (χ0n) is 9.57. The van der Waals surface area contributed by atoms with Gasteiger partial charge in [-0.2, -0.15) is 11.3 Å². The van der Waals surface area contributed by atoms with Crippen molar-refractivity contribution in [2.24, 2.45) is 0 Å². The van der Waals surface area contributed by atoms with Crippen LogP contribution in [0.5, 0.6) is 0 Å². The van der Waals surface area contributed by atoms with Gasteiger partial charge in [-0.15, -0.1) is 0 Å². The first kappa shape index (κ1) is 11.8. The van der Waals surface area contributed by atoms with E-state index in [2.05, 4.69) is 10.6 Å². The predicted molar refractivity (Wildman–Crippen MR) is 71.5 cm³/mol. The van der Waals surface area contributed by atoms with Crippen molar-refractivity contribution in [2.75, 3.05) is 12.4 Å². The van der Waals surface area contributed by atoms with Gasteiger partial charge in [-0.3, -0.25) is 4.79 Å². The first-order chi connectivity index (χ1) is 8.31. The summed E-state index contributed by atoms with van der Waals surface area (Å²) in [6, 6.07) is 9.62. The fourth-order valence-electron chi connectivity index (χ4n) is 1.58. The van der Waals surface area contributed by atoms with Gasteiger partial charge in [0.25, 0.3) is 5.91 Å². The number of anilines is 1. The molecule has 0 radical (unpaired) electrons. The Labute approximate surface area is 104 Å². The summed E-state index contributed by atoms with van der Waals surface area (Å²) >= 11 is 1.52. The number of carbonyl (C=O) groups is 1. The van der Waals surface area contributed by atoms with E-state index < -0.39 is 0 Å². The summed E-state index contributed by atoms with van der Waals surface area (Å²) in [5.74, 6) is -0.0604. The van der Waals surface area contributed by atoms with Crippen LogP contribution in [0.25, 0.3) is 0 Å². The van der Waals surface area contributed by atoms with Crippen molar-refractivity contribution in [1.29, 1.82) is 0 Å². The fraction of sp³-hybridized carbons (Fsp3) is 0.154. The molecule has 0 aliphatic heterocycles. The maximum atomic E-state index is 11.9. The van der Waals surface area contributed by atoms with E-state index in [1.54, 1.807) is 0 Å². The van der Waals surface area contributed by atoms with Crippen molar-refractivity contribution in [3.05, 3.63) is 52.2 Å². The third kappa shape index (κ3) is 2.93. The molecule has 17 heavy (non-hydrogen) atoms. The van der Waals surface area contributed by atoms with Crippen LogP contribution >= 0.6 is 11.3 Å². The average Bonchev–Trinajstić information content (AvgIpc) is 2.85. The summed E-state index contributed by atoms with van der Waals surface area (Å²) in [5, 5.41) is 9.75. The van der Waals surface area contributed by atoms with Gasteiger partial charge in [0, 0.05) is 17.6 Å². The lowest BCUT2D eigenvalue weighted by Gasteiger charge is -2.09. The molecule has 0 fully saturated rings. The number of para-hydroxylation sites is 1. The highest BCUT2D eigenvalue weighted by molar-refractivity contribution is 7.08. The standard InChI is InChI=1S/C13H14N2OS/c1-14-8-10-4-2-3-5-12(10)15-13(16)11-6-7-17-9-11/h2-7,9,14H,8H2,1H3,(H,15,16). The molecule has 0 atom stereocenters. The van der Waals surface area contributed by atoms with E-state index in [0.29, 0.717) is 5.56 Å². The molecular formula is C13H14N2OS. The molecule has 4 heteroatoms. The Balaban J connectivity index is 2.15.